The number of hydrogen-bond donors (Lipinski definition) is 1. The largest absolute Gasteiger partial charge is 0.497 e. The Morgan fingerprint density at radius 3 is 2.77 bits per heavy atom. The fraction of sp³-hybridized carbons (Fsp3) is 0.231. The molecule has 1 saturated heterocycles. The molecule has 1 N–H and O–H groups in total. The van der Waals surface area contributed by atoms with Crippen molar-refractivity contribution in [3.05, 3.63) is 102 Å². The number of likely N-dealkylation sites (tertiary alicyclic amines) is 1. The molecule has 2 aromatic carbocycles. The number of ether oxygens (including phenoxy) is 1. The molecule has 5 heteroatoms. The van der Waals surface area contributed by atoms with Crippen LogP contribution in [0.25, 0.3) is 0 Å². The molecule has 0 bridgehead atoms. The van der Waals surface area contributed by atoms with Crippen molar-refractivity contribution in [1.29, 1.82) is 0 Å². The second-order valence-corrected chi connectivity index (χ2v) is 8.19. The van der Waals surface area contributed by atoms with E-state index in [1.54, 1.807) is 13.3 Å². The maximum atomic E-state index is 13.7. The number of benzene rings is 2. The van der Waals surface area contributed by atoms with Crippen molar-refractivity contribution in [2.24, 2.45) is 0 Å². The monoisotopic (exact) mass is 411 g/mol. The second-order valence-electron chi connectivity index (χ2n) is 8.19. The van der Waals surface area contributed by atoms with Gasteiger partial charge in [-0.15, -0.1) is 6.58 Å². The predicted molar refractivity (Wildman–Crippen MR) is 121 cm³/mol. The Hall–Kier alpha value is -3.44. The second kappa shape index (κ2) is 7.67. The maximum Gasteiger partial charge on any atom is 0.237 e. The molecule has 0 radical (unpaired) electrons. The van der Waals surface area contributed by atoms with Crippen LogP contribution in [0.2, 0.25) is 0 Å². The fourth-order valence-electron chi connectivity index (χ4n) is 5.24. The molecule has 1 fully saturated rings. The zero-order valence-electron chi connectivity index (χ0n) is 17.5. The quantitative estimate of drug-likeness (QED) is 0.629. The first-order chi connectivity index (χ1) is 15.2. The van der Waals surface area contributed by atoms with Crippen LogP contribution in [0.5, 0.6) is 5.75 Å². The van der Waals surface area contributed by atoms with Crippen LogP contribution in [-0.2, 0) is 16.8 Å². The number of fused-ring (bicyclic) bond motifs is 2. The molecule has 0 saturated carbocycles. The van der Waals surface area contributed by atoms with Crippen LogP contribution in [0.4, 0.5) is 5.69 Å². The van der Waals surface area contributed by atoms with E-state index in [2.05, 4.69) is 40.0 Å². The van der Waals surface area contributed by atoms with Gasteiger partial charge in [-0.3, -0.25) is 14.7 Å². The first-order valence-electron chi connectivity index (χ1n) is 10.5. The van der Waals surface area contributed by atoms with E-state index in [0.29, 0.717) is 6.42 Å². The number of anilines is 1. The molecule has 0 unspecified atom stereocenters. The van der Waals surface area contributed by atoms with Gasteiger partial charge in [0, 0.05) is 36.7 Å². The van der Waals surface area contributed by atoms with Crippen LogP contribution >= 0.6 is 0 Å². The van der Waals surface area contributed by atoms with Gasteiger partial charge < -0.3 is 10.1 Å². The number of carbonyl (C=O) groups excluding carboxylic acids is 1. The van der Waals surface area contributed by atoms with Crippen molar-refractivity contribution in [3.8, 4) is 5.75 Å². The lowest BCUT2D eigenvalue weighted by molar-refractivity contribution is -0.121. The summed E-state index contributed by atoms with van der Waals surface area (Å²) in [5.74, 6) is 0.750. The van der Waals surface area contributed by atoms with Gasteiger partial charge in [0.2, 0.25) is 5.91 Å². The van der Waals surface area contributed by atoms with Crippen LogP contribution < -0.4 is 10.1 Å². The average Bonchev–Trinajstić information content (AvgIpc) is 3.29. The summed E-state index contributed by atoms with van der Waals surface area (Å²) in [7, 11) is 1.64. The van der Waals surface area contributed by atoms with Crippen molar-refractivity contribution in [3.63, 3.8) is 0 Å². The lowest BCUT2D eigenvalue weighted by atomic mass is 9.72. The molecule has 2 aliphatic heterocycles. The third kappa shape index (κ3) is 3.04. The Morgan fingerprint density at radius 2 is 2.06 bits per heavy atom. The van der Waals surface area contributed by atoms with E-state index in [1.807, 2.05) is 54.7 Å². The average molecular weight is 412 g/mol. The van der Waals surface area contributed by atoms with Crippen LogP contribution in [0, 0.1) is 0 Å². The van der Waals surface area contributed by atoms with Gasteiger partial charge in [-0.1, -0.05) is 48.5 Å². The summed E-state index contributed by atoms with van der Waals surface area (Å²) in [4.78, 5) is 20.4. The normalized spacial score (nSPS) is 24.7. The highest BCUT2D eigenvalue weighted by Gasteiger charge is 2.60. The van der Waals surface area contributed by atoms with E-state index in [0.717, 1.165) is 29.1 Å². The summed E-state index contributed by atoms with van der Waals surface area (Å²) in [6.07, 6.45) is 6.28. The van der Waals surface area contributed by atoms with Crippen molar-refractivity contribution < 1.29 is 9.53 Å². The number of methoxy groups -OCH3 is 1. The minimum atomic E-state index is -0.724. The van der Waals surface area contributed by atoms with Gasteiger partial charge >= 0.3 is 0 Å². The summed E-state index contributed by atoms with van der Waals surface area (Å²) in [6, 6.07) is 20.1. The molecule has 5 nitrogen and oxygen atoms in total. The molecule has 1 amide bonds. The van der Waals surface area contributed by atoms with E-state index < -0.39 is 5.41 Å². The van der Waals surface area contributed by atoms with E-state index in [4.69, 9.17) is 4.74 Å². The van der Waals surface area contributed by atoms with Crippen LogP contribution in [0.3, 0.4) is 0 Å². The third-order valence-electron chi connectivity index (χ3n) is 6.60. The molecule has 2 aliphatic rings. The molecule has 1 aromatic heterocycles. The van der Waals surface area contributed by atoms with E-state index in [9.17, 15) is 4.79 Å². The molecule has 31 heavy (non-hydrogen) atoms. The van der Waals surface area contributed by atoms with Gasteiger partial charge in [-0.05, 0) is 35.2 Å². The highest BCUT2D eigenvalue weighted by molar-refractivity contribution is 6.07. The molecule has 1 spiro atoms. The number of aromatic nitrogens is 1. The Kier molecular flexibility index (Phi) is 4.83. The summed E-state index contributed by atoms with van der Waals surface area (Å²) in [5, 5.41) is 3.13. The van der Waals surface area contributed by atoms with Crippen LogP contribution in [0.15, 0.2) is 85.7 Å². The van der Waals surface area contributed by atoms with E-state index in [1.165, 1.54) is 5.56 Å². The number of rotatable bonds is 5. The first kappa shape index (κ1) is 19.5. The van der Waals surface area contributed by atoms with Crippen LogP contribution in [-0.4, -0.2) is 28.9 Å². The Bertz CT molecular complexity index is 1120. The number of nitrogens with one attached hydrogen (secondary N) is 1. The van der Waals surface area contributed by atoms with Gasteiger partial charge in [0.15, 0.2) is 0 Å². The summed E-state index contributed by atoms with van der Waals surface area (Å²) in [5.41, 5.74) is 3.34. The number of hydrogen-bond acceptors (Lipinski definition) is 4. The molecule has 0 aliphatic carbocycles. The minimum Gasteiger partial charge on any atom is -0.497 e. The topological polar surface area (TPSA) is 54.5 Å². The van der Waals surface area contributed by atoms with Crippen molar-refractivity contribution >= 4 is 11.6 Å². The van der Waals surface area contributed by atoms with Crippen molar-refractivity contribution in [2.45, 2.75) is 30.5 Å². The molecular formula is C26H25N3O2. The van der Waals surface area contributed by atoms with Crippen molar-refractivity contribution in [2.75, 3.05) is 12.4 Å². The van der Waals surface area contributed by atoms with E-state index in [-0.39, 0.29) is 18.0 Å². The Balaban J connectivity index is 1.68. The van der Waals surface area contributed by atoms with E-state index >= 15 is 0 Å². The maximum absolute atomic E-state index is 13.7. The highest BCUT2D eigenvalue weighted by atomic mass is 16.5. The first-order valence-corrected chi connectivity index (χ1v) is 10.5. The smallest absolute Gasteiger partial charge is 0.237 e. The molecule has 156 valence electrons. The Labute approximate surface area is 182 Å². The molecule has 3 atom stereocenters. The third-order valence-corrected chi connectivity index (χ3v) is 6.60. The highest BCUT2D eigenvalue weighted by Crippen LogP contribution is 2.57. The summed E-state index contributed by atoms with van der Waals surface area (Å²) < 4.78 is 5.39. The van der Waals surface area contributed by atoms with Gasteiger partial charge in [0.25, 0.3) is 0 Å². The number of amides is 1. The van der Waals surface area contributed by atoms with Gasteiger partial charge in [0.05, 0.1) is 18.6 Å². The minimum absolute atomic E-state index is 0.0204. The SMILES string of the molecule is C=C[C@@H]1C[C@@]2(C(=O)Nc3cc(OC)ccc32)[C@H](c2cccnc2)N1Cc1ccccc1. The van der Waals surface area contributed by atoms with Gasteiger partial charge in [0.1, 0.15) is 5.75 Å². The summed E-state index contributed by atoms with van der Waals surface area (Å²) >= 11 is 0. The van der Waals surface area contributed by atoms with Crippen LogP contribution in [0.1, 0.15) is 29.2 Å². The fourth-order valence-corrected chi connectivity index (χ4v) is 5.24. The van der Waals surface area contributed by atoms with Gasteiger partial charge in [-0.2, -0.15) is 0 Å². The molecule has 3 heterocycles. The molecule has 5 rings (SSSR count). The zero-order valence-corrected chi connectivity index (χ0v) is 17.5. The number of pyridine rings is 1. The lowest BCUT2D eigenvalue weighted by Crippen LogP contribution is -2.41. The standard InChI is InChI=1S/C26H25N3O2/c1-3-20-15-26(22-12-11-21(31-2)14-23(22)28-25(26)30)24(19-10-7-13-27-16-19)29(20)17-18-8-5-4-6-9-18/h3-14,16,20,24H,1,15,17H2,2H3,(H,28,30)/t20-,24+,26+/m1/s1. The number of carbonyl (C=O) groups is 1. The zero-order chi connectivity index (χ0) is 21.4. The lowest BCUT2D eigenvalue weighted by Gasteiger charge is -2.35. The molecular weight excluding hydrogens is 386 g/mol. The molecule has 3 aromatic rings. The van der Waals surface area contributed by atoms with Crippen molar-refractivity contribution in [1.82, 2.24) is 9.88 Å². The predicted octanol–water partition coefficient (Wildman–Crippen LogP) is 4.48. The summed E-state index contributed by atoms with van der Waals surface area (Å²) in [6.45, 7) is 4.84. The Morgan fingerprint density at radius 1 is 1.23 bits per heavy atom. The van der Waals surface area contributed by atoms with Gasteiger partial charge in [-0.25, -0.2) is 0 Å². The number of nitrogens with zero attached hydrogens (tertiary/aromatic N) is 2.